The quantitative estimate of drug-likeness (QED) is 0.742. The molecule has 0 amide bonds. The topological polar surface area (TPSA) is 30.9 Å². The van der Waals surface area contributed by atoms with Crippen molar-refractivity contribution in [3.63, 3.8) is 0 Å². The average Bonchev–Trinajstić information content (AvgIpc) is 2.85. The maximum Gasteiger partial charge on any atom is 0.104 e. The molecule has 106 valence electrons. The lowest BCUT2D eigenvalue weighted by Crippen LogP contribution is -2.08. The molecule has 3 aromatic rings. The predicted molar refractivity (Wildman–Crippen MR) is 92.8 cm³/mol. The van der Waals surface area contributed by atoms with Gasteiger partial charge in [0.2, 0.25) is 0 Å². The summed E-state index contributed by atoms with van der Waals surface area (Å²) in [5, 5.41) is 1.17. The number of fused-ring (bicyclic) bond motifs is 1. The van der Waals surface area contributed by atoms with Gasteiger partial charge in [0.05, 0.1) is 0 Å². The molecule has 0 saturated heterocycles. The van der Waals surface area contributed by atoms with Crippen LogP contribution in [0.2, 0.25) is 0 Å². The zero-order valence-electron chi connectivity index (χ0n) is 12.3. The number of hydrogen-bond acceptors (Lipinski definition) is 1. The minimum atomic E-state index is 0.443. The van der Waals surface area contributed by atoms with Gasteiger partial charge in [0.25, 0.3) is 0 Å². The van der Waals surface area contributed by atoms with E-state index in [9.17, 15) is 0 Å². The number of rotatable bonds is 3. The molecule has 3 rings (SSSR count). The van der Waals surface area contributed by atoms with Crippen LogP contribution in [0.5, 0.6) is 0 Å². The van der Waals surface area contributed by atoms with Gasteiger partial charge >= 0.3 is 0 Å². The molecular formula is C18H18N2S. The van der Waals surface area contributed by atoms with E-state index in [4.69, 9.17) is 18.0 Å². The maximum absolute atomic E-state index is 5.69. The zero-order valence-corrected chi connectivity index (χ0v) is 13.1. The fourth-order valence-electron chi connectivity index (χ4n) is 2.59. The van der Waals surface area contributed by atoms with Gasteiger partial charge in [-0.05, 0) is 54.8 Å². The van der Waals surface area contributed by atoms with E-state index in [1.54, 1.807) is 0 Å². The van der Waals surface area contributed by atoms with Crippen molar-refractivity contribution in [1.29, 1.82) is 0 Å². The van der Waals surface area contributed by atoms with Crippen molar-refractivity contribution in [2.75, 3.05) is 0 Å². The molecule has 0 atom stereocenters. The first-order valence-corrected chi connectivity index (χ1v) is 7.40. The van der Waals surface area contributed by atoms with Crippen LogP contribution < -0.4 is 5.73 Å². The number of thiocarbonyl (C=S) groups is 1. The van der Waals surface area contributed by atoms with Crippen molar-refractivity contribution in [3.05, 3.63) is 70.9 Å². The van der Waals surface area contributed by atoms with E-state index >= 15 is 0 Å². The summed E-state index contributed by atoms with van der Waals surface area (Å²) in [4.78, 5) is 0.443. The van der Waals surface area contributed by atoms with Gasteiger partial charge in [-0.1, -0.05) is 30.4 Å². The second kappa shape index (κ2) is 5.34. The van der Waals surface area contributed by atoms with Crippen LogP contribution in [0.15, 0.2) is 48.7 Å². The second-order valence-corrected chi connectivity index (χ2v) is 5.94. The minimum Gasteiger partial charge on any atom is -0.389 e. The van der Waals surface area contributed by atoms with Crippen LogP contribution in [-0.4, -0.2) is 9.56 Å². The largest absolute Gasteiger partial charge is 0.389 e. The summed E-state index contributed by atoms with van der Waals surface area (Å²) in [6.45, 7) is 5.17. The van der Waals surface area contributed by atoms with Gasteiger partial charge in [-0.25, -0.2) is 0 Å². The Hall–Kier alpha value is -2.13. The average molecular weight is 294 g/mol. The predicted octanol–water partition coefficient (Wildman–Crippen LogP) is 3.94. The molecule has 21 heavy (non-hydrogen) atoms. The summed E-state index contributed by atoms with van der Waals surface area (Å²) in [5.41, 5.74) is 11.8. The molecule has 0 bridgehead atoms. The second-order valence-electron chi connectivity index (χ2n) is 5.50. The Balaban J connectivity index is 1.97. The van der Waals surface area contributed by atoms with E-state index in [0.29, 0.717) is 4.99 Å². The highest BCUT2D eigenvalue weighted by atomic mass is 32.1. The van der Waals surface area contributed by atoms with Crippen LogP contribution in [0, 0.1) is 13.8 Å². The standard InChI is InChI=1S/C18H18N2S/c1-12-3-4-14(9-13(12)2)11-20-8-7-15-10-16(18(19)21)5-6-17(15)20/h3-10H,11H2,1-2H3,(H2,19,21). The summed E-state index contributed by atoms with van der Waals surface area (Å²) in [6, 6.07) is 14.9. The molecule has 3 heteroatoms. The monoisotopic (exact) mass is 294 g/mol. The van der Waals surface area contributed by atoms with Gasteiger partial charge in [-0.3, -0.25) is 0 Å². The number of benzene rings is 2. The molecule has 0 aliphatic heterocycles. The Bertz CT molecular complexity index is 830. The van der Waals surface area contributed by atoms with Crippen LogP contribution in [0.3, 0.4) is 0 Å². The molecule has 0 unspecified atom stereocenters. The molecule has 0 spiro atoms. The Morgan fingerprint density at radius 3 is 2.57 bits per heavy atom. The lowest BCUT2D eigenvalue weighted by atomic mass is 10.1. The van der Waals surface area contributed by atoms with Crippen molar-refractivity contribution in [1.82, 2.24) is 4.57 Å². The lowest BCUT2D eigenvalue weighted by molar-refractivity contribution is 0.835. The number of aryl methyl sites for hydroxylation is 2. The number of nitrogens with two attached hydrogens (primary N) is 1. The molecular weight excluding hydrogens is 276 g/mol. The van der Waals surface area contributed by atoms with Gasteiger partial charge in [0.1, 0.15) is 4.99 Å². The Morgan fingerprint density at radius 2 is 1.86 bits per heavy atom. The van der Waals surface area contributed by atoms with E-state index in [2.05, 4.69) is 61.0 Å². The summed E-state index contributed by atoms with van der Waals surface area (Å²) >= 11 is 5.03. The van der Waals surface area contributed by atoms with Crippen LogP contribution in [0.25, 0.3) is 10.9 Å². The van der Waals surface area contributed by atoms with Gasteiger partial charge < -0.3 is 10.3 Å². The summed E-state index contributed by atoms with van der Waals surface area (Å²) in [5.74, 6) is 0. The highest BCUT2D eigenvalue weighted by Crippen LogP contribution is 2.20. The van der Waals surface area contributed by atoms with Crippen LogP contribution in [0.1, 0.15) is 22.3 Å². The minimum absolute atomic E-state index is 0.443. The smallest absolute Gasteiger partial charge is 0.104 e. The summed E-state index contributed by atoms with van der Waals surface area (Å²) in [6.07, 6.45) is 2.11. The first kappa shape index (κ1) is 13.8. The first-order chi connectivity index (χ1) is 10.0. The SMILES string of the molecule is Cc1ccc(Cn2ccc3cc(C(N)=S)ccc32)cc1C. The van der Waals surface area contributed by atoms with Gasteiger partial charge in [-0.2, -0.15) is 0 Å². The van der Waals surface area contributed by atoms with Gasteiger partial charge in [0, 0.05) is 29.2 Å². The van der Waals surface area contributed by atoms with E-state index in [0.717, 1.165) is 12.1 Å². The van der Waals surface area contributed by atoms with E-state index in [-0.39, 0.29) is 0 Å². The van der Waals surface area contributed by atoms with Crippen molar-refractivity contribution in [2.24, 2.45) is 5.73 Å². The molecule has 2 N–H and O–H groups in total. The molecule has 0 aliphatic rings. The van der Waals surface area contributed by atoms with Gasteiger partial charge in [-0.15, -0.1) is 0 Å². The van der Waals surface area contributed by atoms with Crippen LogP contribution >= 0.6 is 12.2 Å². The Kier molecular flexibility index (Phi) is 3.52. The Labute approximate surface area is 130 Å². The fourth-order valence-corrected chi connectivity index (χ4v) is 2.72. The van der Waals surface area contributed by atoms with Crippen molar-refractivity contribution >= 4 is 28.1 Å². The first-order valence-electron chi connectivity index (χ1n) is 6.99. The molecule has 1 heterocycles. The lowest BCUT2D eigenvalue weighted by Gasteiger charge is -2.08. The fraction of sp³-hybridized carbons (Fsp3) is 0.167. The summed E-state index contributed by atoms with van der Waals surface area (Å²) < 4.78 is 2.25. The summed E-state index contributed by atoms with van der Waals surface area (Å²) in [7, 11) is 0. The Morgan fingerprint density at radius 1 is 1.05 bits per heavy atom. The normalized spacial score (nSPS) is 11.0. The molecule has 0 radical (unpaired) electrons. The molecule has 0 aliphatic carbocycles. The van der Waals surface area contributed by atoms with Crippen molar-refractivity contribution < 1.29 is 0 Å². The molecule has 1 aromatic heterocycles. The zero-order chi connectivity index (χ0) is 15.0. The third kappa shape index (κ3) is 2.69. The van der Waals surface area contributed by atoms with Crippen LogP contribution in [-0.2, 0) is 6.54 Å². The maximum atomic E-state index is 5.69. The van der Waals surface area contributed by atoms with Gasteiger partial charge in [0.15, 0.2) is 0 Å². The molecule has 2 nitrogen and oxygen atoms in total. The third-order valence-electron chi connectivity index (χ3n) is 3.98. The van der Waals surface area contributed by atoms with Crippen LogP contribution in [0.4, 0.5) is 0 Å². The van der Waals surface area contributed by atoms with Crippen molar-refractivity contribution in [3.8, 4) is 0 Å². The molecule has 0 fully saturated rings. The molecule has 0 saturated carbocycles. The number of hydrogen-bond donors (Lipinski definition) is 1. The third-order valence-corrected chi connectivity index (χ3v) is 4.22. The number of nitrogens with zero attached hydrogens (tertiary/aromatic N) is 1. The number of aromatic nitrogens is 1. The van der Waals surface area contributed by atoms with E-state index in [1.807, 2.05) is 6.07 Å². The highest BCUT2D eigenvalue weighted by Gasteiger charge is 2.05. The highest BCUT2D eigenvalue weighted by molar-refractivity contribution is 7.80. The van der Waals surface area contributed by atoms with Crippen molar-refractivity contribution in [2.45, 2.75) is 20.4 Å². The van der Waals surface area contributed by atoms with E-state index in [1.165, 1.54) is 27.6 Å². The van der Waals surface area contributed by atoms with E-state index < -0.39 is 0 Å². The molecule has 2 aromatic carbocycles.